The quantitative estimate of drug-likeness (QED) is 0.530. The summed E-state index contributed by atoms with van der Waals surface area (Å²) >= 11 is 0. The molecule has 1 N–H and O–H groups in total. The molecule has 0 aromatic rings. The van der Waals surface area contributed by atoms with Crippen LogP contribution in [0.15, 0.2) is 0 Å². The van der Waals surface area contributed by atoms with Gasteiger partial charge in [-0.15, -0.1) is 0 Å². The smallest absolute Gasteiger partial charge is 0.209 e. The molecule has 1 rings (SSSR count). The maximum absolute atomic E-state index is 10.4. The fourth-order valence-electron chi connectivity index (χ4n) is 1.11. The summed E-state index contributed by atoms with van der Waals surface area (Å²) in [6.45, 7) is 2.47. The highest BCUT2D eigenvalue weighted by Crippen LogP contribution is 2.03. The Bertz CT molecular complexity index is 129. The van der Waals surface area contributed by atoms with Gasteiger partial charge >= 0.3 is 0 Å². The van der Waals surface area contributed by atoms with E-state index in [9.17, 15) is 4.79 Å². The predicted molar refractivity (Wildman–Crippen MR) is 39.0 cm³/mol. The fourth-order valence-corrected chi connectivity index (χ4v) is 1.11. The summed E-state index contributed by atoms with van der Waals surface area (Å²) in [5.74, 6) is 0.0858. The van der Waals surface area contributed by atoms with Gasteiger partial charge in [-0.2, -0.15) is 0 Å². The molecule has 64 valence electrons. The third-order valence-electron chi connectivity index (χ3n) is 1.78. The summed E-state index contributed by atoms with van der Waals surface area (Å²) in [5.41, 5.74) is 0. The molecule has 1 aliphatic heterocycles. The molecule has 1 amide bonds. The summed E-state index contributed by atoms with van der Waals surface area (Å²) in [5, 5.41) is 8.81. The molecule has 1 atom stereocenters. The van der Waals surface area contributed by atoms with Crippen molar-refractivity contribution >= 4 is 6.41 Å². The molecular formula is C7H13NO3. The third-order valence-corrected chi connectivity index (χ3v) is 1.78. The largest absolute Gasteiger partial charge is 0.396 e. The van der Waals surface area contributed by atoms with Crippen molar-refractivity contribution in [2.75, 3.05) is 32.9 Å². The van der Waals surface area contributed by atoms with Gasteiger partial charge in [-0.25, -0.2) is 0 Å². The van der Waals surface area contributed by atoms with Crippen LogP contribution < -0.4 is 0 Å². The van der Waals surface area contributed by atoms with Gasteiger partial charge in [0.2, 0.25) is 6.41 Å². The van der Waals surface area contributed by atoms with Crippen LogP contribution in [0.1, 0.15) is 0 Å². The van der Waals surface area contributed by atoms with Crippen molar-refractivity contribution in [3.63, 3.8) is 0 Å². The third kappa shape index (κ3) is 2.48. The lowest BCUT2D eigenvalue weighted by molar-refractivity contribution is -0.118. The number of nitrogens with zero attached hydrogens (tertiary/aromatic N) is 1. The van der Waals surface area contributed by atoms with E-state index in [1.807, 2.05) is 0 Å². The van der Waals surface area contributed by atoms with Gasteiger partial charge < -0.3 is 14.7 Å². The number of aliphatic hydroxyl groups is 1. The first-order chi connectivity index (χ1) is 5.36. The van der Waals surface area contributed by atoms with E-state index < -0.39 is 0 Å². The van der Waals surface area contributed by atoms with Gasteiger partial charge in [-0.3, -0.25) is 4.79 Å². The Morgan fingerprint density at radius 3 is 3.18 bits per heavy atom. The summed E-state index contributed by atoms with van der Waals surface area (Å²) in [4.78, 5) is 12.0. The van der Waals surface area contributed by atoms with Crippen molar-refractivity contribution in [3.05, 3.63) is 0 Å². The molecular weight excluding hydrogens is 146 g/mol. The van der Waals surface area contributed by atoms with Crippen LogP contribution >= 0.6 is 0 Å². The molecule has 0 aromatic heterocycles. The lowest BCUT2D eigenvalue weighted by Crippen LogP contribution is -2.30. The molecule has 4 nitrogen and oxygen atoms in total. The van der Waals surface area contributed by atoms with Gasteiger partial charge in [0.1, 0.15) is 0 Å². The van der Waals surface area contributed by atoms with E-state index in [0.717, 1.165) is 6.41 Å². The van der Waals surface area contributed by atoms with Crippen molar-refractivity contribution in [1.82, 2.24) is 4.90 Å². The van der Waals surface area contributed by atoms with Gasteiger partial charge in [-0.05, 0) is 0 Å². The monoisotopic (exact) mass is 159 g/mol. The van der Waals surface area contributed by atoms with E-state index in [2.05, 4.69) is 0 Å². The normalized spacial score (nSPS) is 26.3. The molecule has 0 saturated carbocycles. The first-order valence-electron chi connectivity index (χ1n) is 3.74. The molecule has 1 fully saturated rings. The second-order valence-corrected chi connectivity index (χ2v) is 2.72. The number of amides is 1. The van der Waals surface area contributed by atoms with Crippen molar-refractivity contribution in [2.45, 2.75) is 0 Å². The van der Waals surface area contributed by atoms with Crippen LogP contribution in [0.3, 0.4) is 0 Å². The second kappa shape index (κ2) is 4.31. The minimum atomic E-state index is 0.0858. The van der Waals surface area contributed by atoms with E-state index in [-0.39, 0.29) is 12.5 Å². The number of carbonyl (C=O) groups is 1. The average molecular weight is 159 g/mol. The number of ether oxygens (including phenoxy) is 1. The number of hydrogen-bond acceptors (Lipinski definition) is 3. The molecule has 1 aliphatic rings. The van der Waals surface area contributed by atoms with Crippen molar-refractivity contribution in [2.24, 2.45) is 5.92 Å². The highest BCUT2D eigenvalue weighted by molar-refractivity contribution is 5.46. The Balaban J connectivity index is 2.39. The first-order valence-corrected chi connectivity index (χ1v) is 3.74. The molecule has 4 heteroatoms. The van der Waals surface area contributed by atoms with E-state index in [4.69, 9.17) is 9.84 Å². The van der Waals surface area contributed by atoms with Crippen LogP contribution in [0.2, 0.25) is 0 Å². The molecule has 1 saturated heterocycles. The lowest BCUT2D eigenvalue weighted by Gasteiger charge is -2.16. The number of rotatable bonds is 2. The van der Waals surface area contributed by atoms with Crippen molar-refractivity contribution in [3.8, 4) is 0 Å². The highest BCUT2D eigenvalue weighted by Gasteiger charge is 2.15. The lowest BCUT2D eigenvalue weighted by atomic mass is 10.2. The van der Waals surface area contributed by atoms with Gasteiger partial charge in [0.05, 0.1) is 13.2 Å². The number of carbonyl (C=O) groups excluding carboxylic acids is 1. The van der Waals surface area contributed by atoms with Crippen LogP contribution in [-0.4, -0.2) is 49.3 Å². The molecule has 0 bridgehead atoms. The summed E-state index contributed by atoms with van der Waals surface area (Å²) in [7, 11) is 0. The molecule has 11 heavy (non-hydrogen) atoms. The van der Waals surface area contributed by atoms with E-state index in [0.29, 0.717) is 26.3 Å². The Morgan fingerprint density at radius 2 is 2.55 bits per heavy atom. The average Bonchev–Trinajstić information content (AvgIpc) is 2.28. The van der Waals surface area contributed by atoms with Crippen molar-refractivity contribution in [1.29, 1.82) is 0 Å². The molecule has 0 aliphatic carbocycles. The first kappa shape index (κ1) is 8.49. The van der Waals surface area contributed by atoms with Gasteiger partial charge in [-0.1, -0.05) is 0 Å². The highest BCUT2D eigenvalue weighted by atomic mass is 16.5. The second-order valence-electron chi connectivity index (χ2n) is 2.72. The minimum absolute atomic E-state index is 0.0858. The van der Waals surface area contributed by atoms with Crippen LogP contribution in [0, 0.1) is 5.92 Å². The summed E-state index contributed by atoms with van der Waals surface area (Å²) in [6, 6.07) is 0. The van der Waals surface area contributed by atoms with Crippen LogP contribution in [-0.2, 0) is 9.53 Å². The van der Waals surface area contributed by atoms with E-state index in [1.54, 1.807) is 4.90 Å². The zero-order chi connectivity index (χ0) is 8.10. The standard InChI is InChI=1S/C7H13NO3/c9-4-7-3-8(6-10)1-2-11-5-7/h6-7,9H,1-5H2. The molecule has 1 unspecified atom stereocenters. The van der Waals surface area contributed by atoms with E-state index in [1.165, 1.54) is 0 Å². The molecule has 0 aromatic carbocycles. The Kier molecular flexibility index (Phi) is 3.32. The number of aliphatic hydroxyl groups excluding tert-OH is 1. The van der Waals surface area contributed by atoms with Crippen LogP contribution in [0.25, 0.3) is 0 Å². The summed E-state index contributed by atoms with van der Waals surface area (Å²) < 4.78 is 5.17. The van der Waals surface area contributed by atoms with Gasteiger partial charge in [0, 0.05) is 25.6 Å². The van der Waals surface area contributed by atoms with Crippen LogP contribution in [0.4, 0.5) is 0 Å². The molecule has 0 spiro atoms. The minimum Gasteiger partial charge on any atom is -0.396 e. The van der Waals surface area contributed by atoms with Gasteiger partial charge in [0.15, 0.2) is 0 Å². The maximum atomic E-state index is 10.4. The topological polar surface area (TPSA) is 49.8 Å². The van der Waals surface area contributed by atoms with E-state index >= 15 is 0 Å². The fraction of sp³-hybridized carbons (Fsp3) is 0.857. The maximum Gasteiger partial charge on any atom is 0.209 e. The van der Waals surface area contributed by atoms with Crippen molar-refractivity contribution < 1.29 is 14.6 Å². The molecule has 1 heterocycles. The Labute approximate surface area is 65.8 Å². The van der Waals surface area contributed by atoms with Crippen LogP contribution in [0.5, 0.6) is 0 Å². The predicted octanol–water partition coefficient (Wildman–Crippen LogP) is -0.917. The zero-order valence-corrected chi connectivity index (χ0v) is 6.40. The SMILES string of the molecule is O=CN1CCOCC(CO)C1. The number of hydrogen-bond donors (Lipinski definition) is 1. The Hall–Kier alpha value is -0.610. The summed E-state index contributed by atoms with van der Waals surface area (Å²) in [6.07, 6.45) is 0.803. The molecule has 0 radical (unpaired) electrons. The van der Waals surface area contributed by atoms with Gasteiger partial charge in [0.25, 0.3) is 0 Å². The zero-order valence-electron chi connectivity index (χ0n) is 6.40. The Morgan fingerprint density at radius 1 is 1.73 bits per heavy atom.